The third-order valence-electron chi connectivity index (χ3n) is 14.4. The number of nitrogens with zero attached hydrogens (tertiary/aromatic N) is 2. The van der Waals surface area contributed by atoms with E-state index in [4.69, 9.17) is 4.74 Å². The summed E-state index contributed by atoms with van der Waals surface area (Å²) in [5, 5.41) is 0. The van der Waals surface area contributed by atoms with Gasteiger partial charge >= 0.3 is 6.85 Å². The molecule has 0 fully saturated rings. The second-order valence-corrected chi connectivity index (χ2v) is 20.3. The van der Waals surface area contributed by atoms with E-state index in [1.54, 1.807) is 0 Å². The van der Waals surface area contributed by atoms with Gasteiger partial charge in [0.2, 0.25) is 0 Å². The zero-order chi connectivity index (χ0) is 40.2. The quantitative estimate of drug-likeness (QED) is 0.162. The fourth-order valence-corrected chi connectivity index (χ4v) is 12.1. The van der Waals surface area contributed by atoms with Gasteiger partial charge in [0.15, 0.2) is 0 Å². The maximum absolute atomic E-state index is 6.86. The van der Waals surface area contributed by atoms with Gasteiger partial charge in [-0.05, 0) is 128 Å². The van der Waals surface area contributed by atoms with Gasteiger partial charge in [-0.3, -0.25) is 0 Å². The van der Waals surface area contributed by atoms with Crippen LogP contribution in [0.3, 0.4) is 0 Å². The molecule has 4 aliphatic heterocycles. The molecule has 0 saturated heterocycles. The SMILES string of the molecule is Cc1cc2c(cc1N1c3cc4c(cc3B3c5c(cc(-c6ccccc6)cc51)-c1cccc5c1N3c1ccccc1C5(C)C)Sc1ccccc1O4)C(C)(C)CCC2(C)C. The first-order valence-electron chi connectivity index (χ1n) is 21.3. The zero-order valence-corrected chi connectivity index (χ0v) is 35.7. The summed E-state index contributed by atoms with van der Waals surface area (Å²) in [5.74, 6) is 1.83. The van der Waals surface area contributed by atoms with Gasteiger partial charge in [0.1, 0.15) is 11.5 Å². The molecule has 4 heterocycles. The van der Waals surface area contributed by atoms with E-state index in [-0.39, 0.29) is 23.1 Å². The minimum Gasteiger partial charge on any atom is -0.455 e. The van der Waals surface area contributed by atoms with Crippen molar-refractivity contribution in [3.63, 3.8) is 0 Å². The van der Waals surface area contributed by atoms with Gasteiger partial charge in [0.25, 0.3) is 0 Å². The lowest BCUT2D eigenvalue weighted by Gasteiger charge is -2.51. The van der Waals surface area contributed by atoms with Crippen molar-refractivity contribution < 1.29 is 4.74 Å². The van der Waals surface area contributed by atoms with Gasteiger partial charge in [-0.2, -0.15) is 0 Å². The minimum absolute atomic E-state index is 0.0543. The van der Waals surface area contributed by atoms with Crippen LogP contribution in [0, 0.1) is 6.92 Å². The van der Waals surface area contributed by atoms with E-state index >= 15 is 0 Å². The predicted molar refractivity (Wildman–Crippen MR) is 248 cm³/mol. The first kappa shape index (κ1) is 35.3. The Kier molecular flexibility index (Phi) is 7.17. The maximum atomic E-state index is 6.86. The molecule has 0 bridgehead atoms. The summed E-state index contributed by atoms with van der Waals surface area (Å²) in [6.07, 6.45) is 2.35. The van der Waals surface area contributed by atoms with E-state index in [1.165, 1.54) is 95.9 Å². The van der Waals surface area contributed by atoms with Crippen LogP contribution in [0.5, 0.6) is 11.5 Å². The number of rotatable bonds is 2. The van der Waals surface area contributed by atoms with Crippen molar-refractivity contribution in [1.82, 2.24) is 0 Å². The largest absolute Gasteiger partial charge is 0.455 e. The molecule has 0 unspecified atom stereocenters. The van der Waals surface area contributed by atoms with Gasteiger partial charge in [0, 0.05) is 45.5 Å². The van der Waals surface area contributed by atoms with E-state index in [1.807, 2.05) is 11.8 Å². The van der Waals surface area contributed by atoms with Crippen LogP contribution in [0.25, 0.3) is 22.3 Å². The zero-order valence-electron chi connectivity index (χ0n) is 34.9. The molecule has 7 aromatic carbocycles. The van der Waals surface area contributed by atoms with Crippen molar-refractivity contribution >= 4 is 58.0 Å². The molecule has 59 heavy (non-hydrogen) atoms. The topological polar surface area (TPSA) is 15.7 Å². The molecule has 5 aliphatic rings. The first-order chi connectivity index (χ1) is 28.4. The molecule has 0 amide bonds. The van der Waals surface area contributed by atoms with Crippen LogP contribution in [0.15, 0.2) is 143 Å². The van der Waals surface area contributed by atoms with Gasteiger partial charge in [0.05, 0.1) is 9.79 Å². The Labute approximate surface area is 353 Å². The number of anilines is 5. The second kappa shape index (κ2) is 12.0. The number of fused-ring (bicyclic) bond motifs is 9. The smallest absolute Gasteiger partial charge is 0.333 e. The number of hydrogen-bond acceptors (Lipinski definition) is 4. The molecule has 5 heteroatoms. The molecule has 0 atom stereocenters. The van der Waals surface area contributed by atoms with E-state index in [9.17, 15) is 0 Å². The average Bonchev–Trinajstić information content (AvgIpc) is 3.24. The summed E-state index contributed by atoms with van der Waals surface area (Å²) < 4.78 is 6.86. The van der Waals surface area contributed by atoms with Crippen LogP contribution in [-0.2, 0) is 16.2 Å². The number of benzene rings is 7. The van der Waals surface area contributed by atoms with E-state index in [2.05, 4.69) is 192 Å². The van der Waals surface area contributed by atoms with Crippen molar-refractivity contribution in [2.75, 3.05) is 9.71 Å². The van der Waals surface area contributed by atoms with Gasteiger partial charge in [-0.1, -0.05) is 138 Å². The Morgan fingerprint density at radius 1 is 0.542 bits per heavy atom. The Bertz CT molecular complexity index is 2960. The number of para-hydroxylation sites is 3. The highest BCUT2D eigenvalue weighted by molar-refractivity contribution is 7.99. The highest BCUT2D eigenvalue weighted by atomic mass is 32.2. The molecule has 0 aromatic heterocycles. The Hall–Kier alpha value is -5.65. The van der Waals surface area contributed by atoms with Gasteiger partial charge in [-0.25, -0.2) is 0 Å². The highest BCUT2D eigenvalue weighted by Crippen LogP contribution is 2.58. The van der Waals surface area contributed by atoms with E-state index in [0.29, 0.717) is 0 Å². The number of hydrogen-bond donors (Lipinski definition) is 0. The Morgan fingerprint density at radius 3 is 2.07 bits per heavy atom. The second-order valence-electron chi connectivity index (χ2n) is 19.2. The highest BCUT2D eigenvalue weighted by Gasteiger charge is 2.51. The fraction of sp³-hybridized carbons (Fsp3) is 0.222. The van der Waals surface area contributed by atoms with Gasteiger partial charge < -0.3 is 14.4 Å². The Morgan fingerprint density at radius 2 is 1.25 bits per heavy atom. The lowest BCUT2D eigenvalue weighted by atomic mass is 9.42. The molecule has 0 N–H and O–H groups in total. The summed E-state index contributed by atoms with van der Waals surface area (Å²) in [7, 11) is 0. The van der Waals surface area contributed by atoms with Crippen LogP contribution in [0.4, 0.5) is 28.4 Å². The van der Waals surface area contributed by atoms with Crippen molar-refractivity contribution in [1.29, 1.82) is 0 Å². The summed E-state index contributed by atoms with van der Waals surface area (Å²) >= 11 is 1.82. The van der Waals surface area contributed by atoms with Crippen LogP contribution in [-0.4, -0.2) is 6.85 Å². The van der Waals surface area contributed by atoms with E-state index < -0.39 is 0 Å². The standard InChI is InChI=1S/C54H47BN2OS/c1-32-26-39-40(53(4,5)25-24-52(39,2)3)29-43(32)56-44-31-47-49(59-48-23-14-13-22-46(48)58-47)30-41(44)55-50-36(27-34(28-45(50)56)33-16-9-8-10-17-33)35-18-15-20-38-51(35)57(55)42-21-12-11-19-37(42)54(38,6)7/h8-23,26-31H,24-25H2,1-7H3. The monoisotopic (exact) mass is 782 g/mol. The van der Waals surface area contributed by atoms with Crippen LogP contribution in [0.2, 0.25) is 0 Å². The van der Waals surface area contributed by atoms with Gasteiger partial charge in [-0.15, -0.1) is 0 Å². The lowest BCUT2D eigenvalue weighted by molar-refractivity contribution is 0.332. The molecular weight excluding hydrogens is 735 g/mol. The fourth-order valence-electron chi connectivity index (χ4n) is 11.2. The molecule has 288 valence electrons. The van der Waals surface area contributed by atoms with Crippen LogP contribution in [0.1, 0.15) is 82.2 Å². The summed E-state index contributed by atoms with van der Waals surface area (Å²) in [5.41, 5.74) is 20.9. The average molecular weight is 783 g/mol. The van der Waals surface area contributed by atoms with E-state index in [0.717, 1.165) is 27.7 Å². The van der Waals surface area contributed by atoms with Crippen molar-refractivity contribution in [2.45, 2.75) is 87.3 Å². The lowest BCUT2D eigenvalue weighted by Crippen LogP contribution is -2.63. The third kappa shape index (κ3) is 4.86. The molecule has 3 nitrogen and oxygen atoms in total. The summed E-state index contributed by atoms with van der Waals surface area (Å²) in [6.45, 7) is 16.8. The van der Waals surface area contributed by atoms with Crippen molar-refractivity contribution in [2.24, 2.45) is 0 Å². The van der Waals surface area contributed by atoms with Crippen LogP contribution < -0.4 is 25.4 Å². The normalized spacial score (nSPS) is 17.6. The number of ether oxygens (including phenoxy) is 1. The molecule has 12 rings (SSSR count). The summed E-state index contributed by atoms with van der Waals surface area (Å²) in [4.78, 5) is 7.63. The predicted octanol–water partition coefficient (Wildman–Crippen LogP) is 13.6. The first-order valence-corrected chi connectivity index (χ1v) is 22.1. The number of aryl methyl sites for hydroxylation is 1. The molecular formula is C54H47BN2OS. The molecule has 7 aromatic rings. The third-order valence-corrected chi connectivity index (χ3v) is 15.5. The minimum atomic E-state index is -0.177. The summed E-state index contributed by atoms with van der Waals surface area (Å²) in [6, 6.07) is 50.5. The molecule has 1 aliphatic carbocycles. The molecule has 0 radical (unpaired) electrons. The van der Waals surface area contributed by atoms with Crippen LogP contribution >= 0.6 is 11.8 Å². The molecule has 0 spiro atoms. The Balaban J connectivity index is 1.22. The van der Waals surface area contributed by atoms with Crippen molar-refractivity contribution in [3.8, 4) is 33.8 Å². The maximum Gasteiger partial charge on any atom is 0.333 e. The van der Waals surface area contributed by atoms with Crippen molar-refractivity contribution in [3.05, 3.63) is 161 Å². The molecule has 0 saturated carbocycles.